The second-order valence-corrected chi connectivity index (χ2v) is 10.1. The Morgan fingerprint density at radius 1 is 1.02 bits per heavy atom. The summed E-state index contributed by atoms with van der Waals surface area (Å²) in [6.07, 6.45) is 2.10. The summed E-state index contributed by atoms with van der Waals surface area (Å²) in [4.78, 5) is 11.8. The molecule has 5 aromatic rings. The minimum atomic E-state index is -1.16. The van der Waals surface area contributed by atoms with Gasteiger partial charge in [0.25, 0.3) is 0 Å². The van der Waals surface area contributed by atoms with Gasteiger partial charge in [0.2, 0.25) is 0 Å². The SMILES string of the molecule is COc1cc(-n2c(C(C)(C)Cc3ccn[nH]3)c(-c3ccc(C(=O)O)c(OC)c3)c3c(O)cc(F)cc32)ccc1F. The summed E-state index contributed by atoms with van der Waals surface area (Å²) < 4.78 is 41.7. The smallest absolute Gasteiger partial charge is 0.339 e. The number of phenols is 1. The van der Waals surface area contributed by atoms with Crippen molar-refractivity contribution in [1.29, 1.82) is 0 Å². The van der Waals surface area contributed by atoms with Crippen molar-refractivity contribution in [2.75, 3.05) is 14.2 Å². The fraction of sp³-hybridized carbons (Fsp3) is 0.200. The van der Waals surface area contributed by atoms with Crippen molar-refractivity contribution in [2.45, 2.75) is 25.7 Å². The van der Waals surface area contributed by atoms with E-state index in [1.54, 1.807) is 29.0 Å². The molecule has 40 heavy (non-hydrogen) atoms. The molecule has 0 bridgehead atoms. The summed E-state index contributed by atoms with van der Waals surface area (Å²) in [6, 6.07) is 13.1. The molecule has 10 heteroatoms. The second-order valence-electron chi connectivity index (χ2n) is 10.1. The molecule has 0 aliphatic rings. The molecule has 0 unspecified atom stereocenters. The highest BCUT2D eigenvalue weighted by Crippen LogP contribution is 2.48. The van der Waals surface area contributed by atoms with E-state index in [-0.39, 0.29) is 22.8 Å². The van der Waals surface area contributed by atoms with Crippen LogP contribution >= 0.6 is 0 Å². The number of ether oxygens (including phenoxy) is 2. The molecule has 206 valence electrons. The molecule has 3 N–H and O–H groups in total. The topological polar surface area (TPSA) is 110 Å². The summed E-state index contributed by atoms with van der Waals surface area (Å²) in [5, 5.41) is 28.1. The van der Waals surface area contributed by atoms with Crippen LogP contribution in [0.3, 0.4) is 0 Å². The Morgan fingerprint density at radius 2 is 1.77 bits per heavy atom. The van der Waals surface area contributed by atoms with Crippen molar-refractivity contribution in [1.82, 2.24) is 14.8 Å². The Hall–Kier alpha value is -4.86. The first-order valence-electron chi connectivity index (χ1n) is 12.4. The Morgan fingerprint density at radius 3 is 2.42 bits per heavy atom. The van der Waals surface area contributed by atoms with Gasteiger partial charge in [-0.2, -0.15) is 5.10 Å². The predicted octanol–water partition coefficient (Wildman–Crippen LogP) is 6.24. The van der Waals surface area contributed by atoms with Gasteiger partial charge in [-0.15, -0.1) is 0 Å². The number of carboxylic acid groups (broad SMARTS) is 1. The molecule has 0 atom stereocenters. The van der Waals surface area contributed by atoms with Crippen molar-refractivity contribution in [2.24, 2.45) is 0 Å². The van der Waals surface area contributed by atoms with E-state index in [4.69, 9.17) is 9.47 Å². The number of methoxy groups -OCH3 is 2. The maximum absolute atomic E-state index is 14.9. The van der Waals surface area contributed by atoms with Crippen LogP contribution in [0.15, 0.2) is 60.8 Å². The van der Waals surface area contributed by atoms with Crippen LogP contribution in [-0.4, -0.2) is 45.2 Å². The first-order valence-corrected chi connectivity index (χ1v) is 12.4. The van der Waals surface area contributed by atoms with Crippen molar-refractivity contribution >= 4 is 16.9 Å². The number of aromatic amines is 1. The minimum absolute atomic E-state index is 0.00803. The maximum atomic E-state index is 14.9. The zero-order chi connectivity index (χ0) is 28.8. The Labute approximate surface area is 228 Å². The molecule has 5 rings (SSSR count). The van der Waals surface area contributed by atoms with Gasteiger partial charge in [-0.1, -0.05) is 19.9 Å². The monoisotopic (exact) mass is 547 g/mol. The quantitative estimate of drug-likeness (QED) is 0.212. The molecule has 2 heterocycles. The summed E-state index contributed by atoms with van der Waals surface area (Å²) in [5.41, 5.74) is 2.62. The Balaban J connectivity index is 1.94. The molecule has 0 fully saturated rings. The fourth-order valence-corrected chi connectivity index (χ4v) is 5.31. The second kappa shape index (κ2) is 10.0. The van der Waals surface area contributed by atoms with E-state index in [2.05, 4.69) is 10.2 Å². The number of nitrogens with zero attached hydrogens (tertiary/aromatic N) is 2. The van der Waals surface area contributed by atoms with Crippen molar-refractivity contribution < 1.29 is 33.3 Å². The van der Waals surface area contributed by atoms with Crippen LogP contribution in [0.5, 0.6) is 17.2 Å². The van der Waals surface area contributed by atoms with Crippen molar-refractivity contribution in [3.8, 4) is 34.1 Å². The zero-order valence-electron chi connectivity index (χ0n) is 22.3. The average Bonchev–Trinajstić information content (AvgIpc) is 3.54. The standard InChI is InChI=1S/C30H27F2N3O5/c1-30(2,15-18-9-10-33-34-18)28-26(16-5-7-20(29(37)38)24(11-16)39-3)27-22(12-17(31)13-23(27)36)35(28)19-6-8-21(32)25(14-19)40-4/h5-14,36H,15H2,1-4H3,(H,33,34)(H,37,38). The van der Waals surface area contributed by atoms with Gasteiger partial charge in [-0.25, -0.2) is 13.6 Å². The molecule has 0 saturated carbocycles. The van der Waals surface area contributed by atoms with Crippen LogP contribution in [0.1, 0.15) is 35.6 Å². The number of halogens is 2. The number of aromatic hydroxyl groups is 1. The number of nitrogens with one attached hydrogen (secondary N) is 1. The van der Waals surface area contributed by atoms with Gasteiger partial charge in [0.05, 0.1) is 25.1 Å². The summed E-state index contributed by atoms with van der Waals surface area (Å²) >= 11 is 0. The number of carboxylic acids is 1. The van der Waals surface area contributed by atoms with Crippen LogP contribution in [0.2, 0.25) is 0 Å². The third kappa shape index (κ3) is 4.51. The number of rotatable bonds is 8. The van der Waals surface area contributed by atoms with E-state index >= 15 is 0 Å². The molecule has 8 nitrogen and oxygen atoms in total. The number of phenolic OH excluding ortho intramolecular Hbond substituents is 1. The highest BCUT2D eigenvalue weighted by atomic mass is 19.1. The van der Waals surface area contributed by atoms with Gasteiger partial charge < -0.3 is 24.3 Å². The molecular weight excluding hydrogens is 520 g/mol. The predicted molar refractivity (Wildman–Crippen MR) is 146 cm³/mol. The zero-order valence-corrected chi connectivity index (χ0v) is 22.3. The molecule has 0 aliphatic heterocycles. The largest absolute Gasteiger partial charge is 0.507 e. The van der Waals surface area contributed by atoms with E-state index in [9.17, 15) is 23.8 Å². The molecule has 0 spiro atoms. The van der Waals surface area contributed by atoms with Gasteiger partial charge >= 0.3 is 5.97 Å². The first kappa shape index (κ1) is 26.7. The number of carbonyl (C=O) groups is 1. The molecule has 0 aliphatic carbocycles. The van der Waals surface area contributed by atoms with Crippen LogP contribution in [-0.2, 0) is 11.8 Å². The van der Waals surface area contributed by atoms with Crippen LogP contribution in [0.25, 0.3) is 27.7 Å². The number of benzene rings is 3. The highest BCUT2D eigenvalue weighted by molar-refractivity contribution is 6.04. The lowest BCUT2D eigenvalue weighted by molar-refractivity contribution is 0.0693. The van der Waals surface area contributed by atoms with Gasteiger partial charge in [0.15, 0.2) is 11.6 Å². The van der Waals surface area contributed by atoms with Gasteiger partial charge in [-0.3, -0.25) is 5.10 Å². The van der Waals surface area contributed by atoms with E-state index in [0.717, 1.165) is 11.8 Å². The highest BCUT2D eigenvalue weighted by Gasteiger charge is 2.34. The van der Waals surface area contributed by atoms with E-state index in [1.165, 1.54) is 38.5 Å². The lowest BCUT2D eigenvalue weighted by Gasteiger charge is -2.29. The fourth-order valence-electron chi connectivity index (χ4n) is 5.31. The van der Waals surface area contributed by atoms with E-state index in [1.807, 2.05) is 19.9 Å². The number of hydrogen-bond donors (Lipinski definition) is 3. The molecular formula is C30H27F2N3O5. The minimum Gasteiger partial charge on any atom is -0.507 e. The van der Waals surface area contributed by atoms with Crippen LogP contribution in [0, 0.1) is 11.6 Å². The Bertz CT molecular complexity index is 1740. The van der Waals surface area contributed by atoms with Gasteiger partial charge in [0, 0.05) is 46.4 Å². The number of H-pyrrole nitrogens is 1. The van der Waals surface area contributed by atoms with Crippen LogP contribution in [0.4, 0.5) is 8.78 Å². The molecule has 2 aromatic heterocycles. The third-order valence-corrected chi connectivity index (χ3v) is 6.96. The molecule has 0 saturated heterocycles. The first-order chi connectivity index (χ1) is 19.1. The van der Waals surface area contributed by atoms with Gasteiger partial charge in [0.1, 0.15) is 22.9 Å². The summed E-state index contributed by atoms with van der Waals surface area (Å²) in [7, 11) is 2.72. The number of fused-ring (bicyclic) bond motifs is 1. The third-order valence-electron chi connectivity index (χ3n) is 6.96. The van der Waals surface area contributed by atoms with Crippen molar-refractivity contribution in [3.05, 3.63) is 89.4 Å². The molecule has 0 amide bonds. The lowest BCUT2D eigenvalue weighted by Crippen LogP contribution is -2.25. The van der Waals surface area contributed by atoms with Crippen molar-refractivity contribution in [3.63, 3.8) is 0 Å². The Kier molecular flexibility index (Phi) is 6.70. The maximum Gasteiger partial charge on any atom is 0.339 e. The van der Waals surface area contributed by atoms with Crippen LogP contribution < -0.4 is 9.47 Å². The molecule has 0 radical (unpaired) electrons. The lowest BCUT2D eigenvalue weighted by atomic mass is 9.80. The van der Waals surface area contributed by atoms with Gasteiger partial charge in [-0.05, 0) is 48.4 Å². The van der Waals surface area contributed by atoms with E-state index in [0.29, 0.717) is 39.8 Å². The average molecular weight is 548 g/mol. The number of hydrogen-bond acceptors (Lipinski definition) is 5. The number of aromatic carboxylic acids is 1. The summed E-state index contributed by atoms with van der Waals surface area (Å²) in [6.45, 7) is 3.97. The normalized spacial score (nSPS) is 11.7. The number of aromatic nitrogens is 3. The summed E-state index contributed by atoms with van der Waals surface area (Å²) in [5.74, 6) is -2.59. The molecule has 3 aromatic carbocycles. The van der Waals surface area contributed by atoms with E-state index < -0.39 is 23.0 Å².